The summed E-state index contributed by atoms with van der Waals surface area (Å²) in [4.78, 5) is 12.3. The van der Waals surface area contributed by atoms with Gasteiger partial charge in [0.25, 0.3) is 0 Å². The van der Waals surface area contributed by atoms with Crippen molar-refractivity contribution >= 4 is 5.97 Å². The van der Waals surface area contributed by atoms with Gasteiger partial charge in [0, 0.05) is 22.5 Å². The Morgan fingerprint density at radius 3 is 2.43 bits per heavy atom. The predicted molar refractivity (Wildman–Crippen MR) is 116 cm³/mol. The smallest absolute Gasteiger partial charge is 0.309 e. The fourth-order valence-corrected chi connectivity index (χ4v) is 8.47. The SMILES string of the molecule is CC(C)C1=CC23CCC4C(C)(C(=O)O)CCCC4(C)C2CC1c1c(O)ccc(O)c13. The van der Waals surface area contributed by atoms with Crippen LogP contribution in [0.5, 0.6) is 11.5 Å². The molecule has 1 aromatic rings. The van der Waals surface area contributed by atoms with Crippen molar-refractivity contribution in [3.8, 4) is 11.5 Å². The zero-order valence-corrected chi connectivity index (χ0v) is 18.5. The minimum Gasteiger partial charge on any atom is -0.508 e. The Bertz CT molecular complexity index is 962. The van der Waals surface area contributed by atoms with Crippen LogP contribution in [0.2, 0.25) is 0 Å². The summed E-state index contributed by atoms with van der Waals surface area (Å²) in [7, 11) is 0. The lowest BCUT2D eigenvalue weighted by Gasteiger charge is -2.66. The van der Waals surface area contributed by atoms with E-state index in [1.165, 1.54) is 5.57 Å². The van der Waals surface area contributed by atoms with E-state index in [9.17, 15) is 20.1 Å². The molecular formula is C26H34O4. The molecule has 1 aromatic carbocycles. The molecule has 30 heavy (non-hydrogen) atoms. The highest BCUT2D eigenvalue weighted by atomic mass is 16.4. The minimum atomic E-state index is -0.681. The van der Waals surface area contributed by atoms with Crippen LogP contribution in [0.3, 0.4) is 0 Å². The molecule has 2 saturated carbocycles. The monoisotopic (exact) mass is 410 g/mol. The molecule has 3 N–H and O–H groups in total. The number of aromatic hydroxyl groups is 2. The van der Waals surface area contributed by atoms with E-state index in [0.717, 1.165) is 49.7 Å². The molecule has 5 aliphatic rings. The van der Waals surface area contributed by atoms with E-state index in [0.29, 0.717) is 11.7 Å². The molecule has 4 heteroatoms. The largest absolute Gasteiger partial charge is 0.508 e. The number of benzene rings is 1. The summed E-state index contributed by atoms with van der Waals surface area (Å²) in [6, 6.07) is 3.27. The van der Waals surface area contributed by atoms with E-state index >= 15 is 0 Å². The molecule has 6 atom stereocenters. The Hall–Kier alpha value is -1.97. The van der Waals surface area contributed by atoms with Crippen molar-refractivity contribution in [2.45, 2.75) is 77.6 Å². The van der Waals surface area contributed by atoms with Crippen LogP contribution in [0.4, 0.5) is 0 Å². The maximum atomic E-state index is 12.3. The number of aliphatic carboxylic acids is 1. The van der Waals surface area contributed by atoms with Gasteiger partial charge < -0.3 is 15.3 Å². The first-order valence-electron chi connectivity index (χ1n) is 11.6. The van der Waals surface area contributed by atoms with Crippen molar-refractivity contribution in [1.82, 2.24) is 0 Å². The molecule has 0 radical (unpaired) electrons. The maximum Gasteiger partial charge on any atom is 0.309 e. The number of carbonyl (C=O) groups is 1. The zero-order valence-electron chi connectivity index (χ0n) is 18.5. The van der Waals surface area contributed by atoms with Gasteiger partial charge in [-0.3, -0.25) is 4.79 Å². The molecule has 6 rings (SSSR count). The summed E-state index contributed by atoms with van der Waals surface area (Å²) >= 11 is 0. The molecule has 2 fully saturated rings. The average molecular weight is 411 g/mol. The predicted octanol–water partition coefficient (Wildman–Crippen LogP) is 5.73. The van der Waals surface area contributed by atoms with Crippen molar-refractivity contribution in [3.63, 3.8) is 0 Å². The number of hydrogen-bond acceptors (Lipinski definition) is 3. The molecule has 0 aromatic heterocycles. The highest BCUT2D eigenvalue weighted by Crippen LogP contribution is 2.73. The maximum absolute atomic E-state index is 12.3. The standard InChI is InChI=1S/C26H34O4/c1-14(2)16-13-26-11-8-19-24(3,9-5-10-25(19,4)23(29)30)20(26)12-15(16)21-17(27)6-7-18(28)22(21)26/h6-7,13-15,19-20,27-28H,5,8-12H2,1-4H3,(H,29,30). The third kappa shape index (κ3) is 2.20. The summed E-state index contributed by atoms with van der Waals surface area (Å²) in [6.07, 6.45) is 7.79. The topological polar surface area (TPSA) is 77.8 Å². The molecule has 2 bridgehead atoms. The number of hydrogen-bond donors (Lipinski definition) is 3. The summed E-state index contributed by atoms with van der Waals surface area (Å²) in [5.41, 5.74) is 2.15. The van der Waals surface area contributed by atoms with Gasteiger partial charge in [-0.05, 0) is 74.3 Å². The quantitative estimate of drug-likeness (QED) is 0.430. The van der Waals surface area contributed by atoms with Crippen LogP contribution in [0.1, 0.15) is 83.3 Å². The Kier molecular flexibility index (Phi) is 4.02. The van der Waals surface area contributed by atoms with Crippen LogP contribution in [0.25, 0.3) is 0 Å². The van der Waals surface area contributed by atoms with Gasteiger partial charge in [-0.15, -0.1) is 0 Å². The average Bonchev–Trinajstić information content (AvgIpc) is 2.69. The third-order valence-corrected chi connectivity index (χ3v) is 9.71. The van der Waals surface area contributed by atoms with E-state index in [-0.39, 0.29) is 34.3 Å². The van der Waals surface area contributed by atoms with E-state index in [2.05, 4.69) is 26.8 Å². The van der Waals surface area contributed by atoms with Gasteiger partial charge in [0.15, 0.2) is 0 Å². The van der Waals surface area contributed by atoms with Crippen molar-refractivity contribution in [2.24, 2.45) is 28.6 Å². The molecule has 5 aliphatic carbocycles. The van der Waals surface area contributed by atoms with Crippen LogP contribution < -0.4 is 0 Å². The van der Waals surface area contributed by atoms with Crippen LogP contribution in [0.15, 0.2) is 23.8 Å². The number of fused-ring (bicyclic) bond motifs is 1. The molecule has 162 valence electrons. The third-order valence-electron chi connectivity index (χ3n) is 9.71. The first kappa shape index (κ1) is 20.0. The van der Waals surface area contributed by atoms with Gasteiger partial charge in [0.05, 0.1) is 5.41 Å². The van der Waals surface area contributed by atoms with Crippen molar-refractivity contribution < 1.29 is 20.1 Å². The first-order chi connectivity index (χ1) is 14.1. The number of allylic oxidation sites excluding steroid dienone is 2. The molecule has 6 unspecified atom stereocenters. The number of carboxylic acid groups (broad SMARTS) is 1. The van der Waals surface area contributed by atoms with Gasteiger partial charge >= 0.3 is 5.97 Å². The van der Waals surface area contributed by atoms with Crippen LogP contribution in [-0.2, 0) is 10.2 Å². The van der Waals surface area contributed by atoms with Crippen molar-refractivity contribution in [1.29, 1.82) is 0 Å². The Morgan fingerprint density at radius 2 is 1.77 bits per heavy atom. The summed E-state index contributed by atoms with van der Waals surface area (Å²) in [5.74, 6) is 0.838. The molecular weight excluding hydrogens is 376 g/mol. The van der Waals surface area contributed by atoms with Crippen LogP contribution in [0, 0.1) is 28.6 Å². The van der Waals surface area contributed by atoms with Crippen LogP contribution >= 0.6 is 0 Å². The first-order valence-corrected chi connectivity index (χ1v) is 11.6. The lowest BCUT2D eigenvalue weighted by Crippen LogP contribution is -2.61. The van der Waals surface area contributed by atoms with Crippen molar-refractivity contribution in [2.75, 3.05) is 0 Å². The molecule has 4 nitrogen and oxygen atoms in total. The fraction of sp³-hybridized carbons (Fsp3) is 0.654. The summed E-state index contributed by atoms with van der Waals surface area (Å²) in [5, 5.41) is 32.0. The zero-order chi connectivity index (χ0) is 21.6. The second kappa shape index (κ2) is 6.05. The number of carboxylic acids is 1. The molecule has 0 saturated heterocycles. The number of phenols is 2. The molecule has 0 amide bonds. The lowest BCUT2D eigenvalue weighted by molar-refractivity contribution is -0.171. The fourth-order valence-electron chi connectivity index (χ4n) is 8.47. The van der Waals surface area contributed by atoms with Gasteiger partial charge in [0.1, 0.15) is 11.5 Å². The highest BCUT2D eigenvalue weighted by molar-refractivity contribution is 5.75. The second-order valence-corrected chi connectivity index (χ2v) is 11.2. The number of rotatable bonds is 2. The number of phenolic OH excluding ortho intramolecular Hbond substituents is 2. The van der Waals surface area contributed by atoms with Crippen molar-refractivity contribution in [3.05, 3.63) is 34.9 Å². The van der Waals surface area contributed by atoms with Crippen LogP contribution in [-0.4, -0.2) is 21.3 Å². The van der Waals surface area contributed by atoms with Gasteiger partial charge in [-0.2, -0.15) is 0 Å². The minimum absolute atomic E-state index is 0.0868. The van der Waals surface area contributed by atoms with Gasteiger partial charge in [-0.1, -0.05) is 38.8 Å². The Balaban J connectivity index is 1.74. The Morgan fingerprint density at radius 1 is 1.07 bits per heavy atom. The van der Waals surface area contributed by atoms with E-state index in [1.54, 1.807) is 12.1 Å². The van der Waals surface area contributed by atoms with E-state index in [4.69, 9.17) is 0 Å². The lowest BCUT2D eigenvalue weighted by atomic mass is 9.37. The molecule has 1 spiro atoms. The van der Waals surface area contributed by atoms with E-state index < -0.39 is 11.4 Å². The molecule has 0 aliphatic heterocycles. The van der Waals surface area contributed by atoms with Gasteiger partial charge in [0.2, 0.25) is 0 Å². The van der Waals surface area contributed by atoms with E-state index in [1.807, 2.05) is 6.92 Å². The highest BCUT2D eigenvalue weighted by Gasteiger charge is 2.66. The second-order valence-electron chi connectivity index (χ2n) is 11.2. The van der Waals surface area contributed by atoms with Gasteiger partial charge in [-0.25, -0.2) is 0 Å². The summed E-state index contributed by atoms with van der Waals surface area (Å²) in [6.45, 7) is 8.72. The normalized spacial score (nSPS) is 41.6. The molecule has 0 heterocycles. The Labute approximate surface area is 179 Å². The summed E-state index contributed by atoms with van der Waals surface area (Å²) < 4.78 is 0.